The summed E-state index contributed by atoms with van der Waals surface area (Å²) in [5.74, 6) is 0.158. The first-order valence-electron chi connectivity index (χ1n) is 10.4. The average molecular weight is 389 g/mol. The number of amides is 3. The fourth-order valence-electron chi connectivity index (χ4n) is 3.80. The quantitative estimate of drug-likeness (QED) is 0.836. The van der Waals surface area contributed by atoms with Crippen LogP contribution >= 0.6 is 0 Å². The van der Waals surface area contributed by atoms with E-state index in [1.54, 1.807) is 0 Å². The molecule has 154 valence electrons. The number of nitrogens with zero attached hydrogens (tertiary/aromatic N) is 3. The summed E-state index contributed by atoms with van der Waals surface area (Å²) in [6.07, 6.45) is 1.78. The summed E-state index contributed by atoms with van der Waals surface area (Å²) in [5, 5.41) is 3.14. The third-order valence-electron chi connectivity index (χ3n) is 5.61. The van der Waals surface area contributed by atoms with Gasteiger partial charge in [0.1, 0.15) is 0 Å². The number of hydrogen-bond acceptors (Lipinski definition) is 4. The molecule has 2 heterocycles. The number of morpholine rings is 1. The lowest BCUT2D eigenvalue weighted by Crippen LogP contribution is -2.53. The van der Waals surface area contributed by atoms with E-state index in [2.05, 4.69) is 42.3 Å². The SMILES string of the molecule is CCc1cccc(CC)c1NC(=O)N1CCN(CC(=O)N2CCOCC2)CC1. The highest BCUT2D eigenvalue weighted by molar-refractivity contribution is 5.91. The van der Waals surface area contributed by atoms with Gasteiger partial charge >= 0.3 is 6.03 Å². The minimum atomic E-state index is -0.0465. The Balaban J connectivity index is 1.51. The molecular formula is C21H32N4O3. The predicted octanol–water partition coefficient (Wildman–Crippen LogP) is 1.82. The second kappa shape index (κ2) is 9.89. The number of anilines is 1. The molecule has 28 heavy (non-hydrogen) atoms. The molecule has 2 aliphatic rings. The van der Waals surface area contributed by atoms with Gasteiger partial charge in [0.05, 0.1) is 19.8 Å². The van der Waals surface area contributed by atoms with E-state index in [1.807, 2.05) is 9.80 Å². The van der Waals surface area contributed by atoms with Gasteiger partial charge in [0.25, 0.3) is 0 Å². The van der Waals surface area contributed by atoms with Gasteiger partial charge in [0.2, 0.25) is 5.91 Å². The van der Waals surface area contributed by atoms with Crippen LogP contribution in [0.3, 0.4) is 0 Å². The van der Waals surface area contributed by atoms with Gasteiger partial charge in [0, 0.05) is 45.0 Å². The van der Waals surface area contributed by atoms with Crippen LogP contribution < -0.4 is 5.32 Å². The number of rotatable bonds is 5. The van der Waals surface area contributed by atoms with Crippen LogP contribution in [0.25, 0.3) is 0 Å². The van der Waals surface area contributed by atoms with Gasteiger partial charge in [-0.15, -0.1) is 0 Å². The smallest absolute Gasteiger partial charge is 0.321 e. The minimum Gasteiger partial charge on any atom is -0.378 e. The van der Waals surface area contributed by atoms with E-state index in [9.17, 15) is 9.59 Å². The minimum absolute atomic E-state index is 0.0465. The molecule has 0 bridgehead atoms. The molecule has 2 saturated heterocycles. The third-order valence-corrected chi connectivity index (χ3v) is 5.61. The van der Waals surface area contributed by atoms with Crippen molar-refractivity contribution in [2.24, 2.45) is 0 Å². The molecule has 1 N–H and O–H groups in total. The molecule has 0 aliphatic carbocycles. The average Bonchev–Trinajstić information content (AvgIpc) is 2.75. The lowest BCUT2D eigenvalue weighted by molar-refractivity contribution is -0.136. The Morgan fingerprint density at radius 1 is 0.929 bits per heavy atom. The van der Waals surface area contributed by atoms with Crippen molar-refractivity contribution in [3.05, 3.63) is 29.3 Å². The monoisotopic (exact) mass is 388 g/mol. The molecule has 1 aromatic rings. The summed E-state index contributed by atoms with van der Waals surface area (Å²) in [4.78, 5) is 31.0. The zero-order valence-corrected chi connectivity index (χ0v) is 17.1. The number of aryl methyl sites for hydroxylation is 2. The van der Waals surface area contributed by atoms with E-state index in [0.717, 1.165) is 31.6 Å². The first kappa shape index (κ1) is 20.6. The summed E-state index contributed by atoms with van der Waals surface area (Å²) in [7, 11) is 0. The van der Waals surface area contributed by atoms with Crippen LogP contribution in [-0.2, 0) is 22.4 Å². The van der Waals surface area contributed by atoms with Crippen molar-refractivity contribution in [2.75, 3.05) is 64.3 Å². The summed E-state index contributed by atoms with van der Waals surface area (Å²) in [6, 6.07) is 6.15. The summed E-state index contributed by atoms with van der Waals surface area (Å²) >= 11 is 0. The van der Waals surface area contributed by atoms with E-state index >= 15 is 0 Å². The van der Waals surface area contributed by atoms with Crippen molar-refractivity contribution in [3.63, 3.8) is 0 Å². The lowest BCUT2D eigenvalue weighted by Gasteiger charge is -2.36. The fraction of sp³-hybridized carbons (Fsp3) is 0.619. The Labute approximate surface area is 167 Å². The molecule has 2 aliphatic heterocycles. The second-order valence-corrected chi connectivity index (χ2v) is 7.34. The van der Waals surface area contributed by atoms with Crippen molar-refractivity contribution >= 4 is 17.6 Å². The topological polar surface area (TPSA) is 65.1 Å². The summed E-state index contributed by atoms with van der Waals surface area (Å²) < 4.78 is 5.30. The van der Waals surface area contributed by atoms with Gasteiger partial charge in [0.15, 0.2) is 0 Å². The van der Waals surface area contributed by atoms with E-state index in [1.165, 1.54) is 11.1 Å². The predicted molar refractivity (Wildman–Crippen MR) is 110 cm³/mol. The Morgan fingerprint density at radius 2 is 1.54 bits per heavy atom. The van der Waals surface area contributed by atoms with Crippen LogP contribution in [0.2, 0.25) is 0 Å². The fourth-order valence-corrected chi connectivity index (χ4v) is 3.80. The molecule has 3 rings (SSSR count). The van der Waals surface area contributed by atoms with E-state index in [-0.39, 0.29) is 11.9 Å². The highest BCUT2D eigenvalue weighted by Crippen LogP contribution is 2.23. The lowest BCUT2D eigenvalue weighted by atomic mass is 10.0. The second-order valence-electron chi connectivity index (χ2n) is 7.34. The Morgan fingerprint density at radius 3 is 2.11 bits per heavy atom. The molecule has 0 aromatic heterocycles. The zero-order valence-electron chi connectivity index (χ0n) is 17.1. The number of carbonyl (C=O) groups is 2. The molecule has 1 aromatic carbocycles. The van der Waals surface area contributed by atoms with Gasteiger partial charge in [-0.1, -0.05) is 32.0 Å². The van der Waals surface area contributed by atoms with Crippen LogP contribution in [0.5, 0.6) is 0 Å². The maximum Gasteiger partial charge on any atom is 0.321 e. The molecule has 0 atom stereocenters. The van der Waals surface area contributed by atoms with Crippen LogP contribution in [-0.4, -0.2) is 85.7 Å². The van der Waals surface area contributed by atoms with E-state index in [0.29, 0.717) is 45.9 Å². The van der Waals surface area contributed by atoms with Crippen molar-refractivity contribution in [2.45, 2.75) is 26.7 Å². The Hall–Kier alpha value is -2.12. The largest absolute Gasteiger partial charge is 0.378 e. The number of piperazine rings is 1. The van der Waals surface area contributed by atoms with Gasteiger partial charge in [-0.3, -0.25) is 9.69 Å². The van der Waals surface area contributed by atoms with Gasteiger partial charge in [-0.25, -0.2) is 4.79 Å². The van der Waals surface area contributed by atoms with Crippen molar-refractivity contribution in [1.29, 1.82) is 0 Å². The first-order chi connectivity index (χ1) is 13.6. The number of carbonyl (C=O) groups excluding carboxylic acids is 2. The van der Waals surface area contributed by atoms with Crippen molar-refractivity contribution < 1.29 is 14.3 Å². The summed E-state index contributed by atoms with van der Waals surface area (Å²) in [6.45, 7) is 9.96. The third kappa shape index (κ3) is 5.02. The van der Waals surface area contributed by atoms with Gasteiger partial charge in [-0.05, 0) is 24.0 Å². The Kier molecular flexibility index (Phi) is 7.28. The number of nitrogens with one attached hydrogen (secondary N) is 1. The normalized spacial score (nSPS) is 18.2. The maximum atomic E-state index is 12.8. The van der Waals surface area contributed by atoms with Crippen LogP contribution in [0, 0.1) is 0 Å². The molecule has 2 fully saturated rings. The van der Waals surface area contributed by atoms with Crippen LogP contribution in [0.15, 0.2) is 18.2 Å². The molecule has 0 radical (unpaired) electrons. The molecule has 7 heteroatoms. The highest BCUT2D eigenvalue weighted by Gasteiger charge is 2.25. The molecule has 0 spiro atoms. The molecule has 3 amide bonds. The standard InChI is InChI=1S/C21H32N4O3/c1-3-17-6-5-7-18(4-2)20(17)22-21(27)25-10-8-23(9-11-25)16-19(26)24-12-14-28-15-13-24/h5-7H,3-4,8-16H2,1-2H3,(H,22,27). The maximum absolute atomic E-state index is 12.8. The molecular weight excluding hydrogens is 356 g/mol. The molecule has 7 nitrogen and oxygen atoms in total. The molecule has 0 unspecified atom stereocenters. The molecule has 0 saturated carbocycles. The highest BCUT2D eigenvalue weighted by atomic mass is 16.5. The van der Waals surface area contributed by atoms with Crippen molar-refractivity contribution in [1.82, 2.24) is 14.7 Å². The number of hydrogen-bond donors (Lipinski definition) is 1. The Bertz CT molecular complexity index is 658. The van der Waals surface area contributed by atoms with E-state index in [4.69, 9.17) is 4.74 Å². The number of ether oxygens (including phenoxy) is 1. The first-order valence-corrected chi connectivity index (χ1v) is 10.4. The van der Waals surface area contributed by atoms with E-state index < -0.39 is 0 Å². The van der Waals surface area contributed by atoms with Crippen molar-refractivity contribution in [3.8, 4) is 0 Å². The van der Waals surface area contributed by atoms with Crippen LogP contribution in [0.4, 0.5) is 10.5 Å². The summed E-state index contributed by atoms with van der Waals surface area (Å²) in [5.41, 5.74) is 3.30. The van der Waals surface area contributed by atoms with Gasteiger partial charge in [-0.2, -0.15) is 0 Å². The number of benzene rings is 1. The van der Waals surface area contributed by atoms with Crippen LogP contribution in [0.1, 0.15) is 25.0 Å². The zero-order chi connectivity index (χ0) is 19.9. The number of para-hydroxylation sites is 1. The number of urea groups is 1. The van der Waals surface area contributed by atoms with Gasteiger partial charge < -0.3 is 19.9 Å².